The highest BCUT2D eigenvalue weighted by atomic mass is 35.5. The number of rotatable bonds is 8. The van der Waals surface area contributed by atoms with Crippen LogP contribution in [0.25, 0.3) is 0 Å². The fraction of sp³-hybridized carbons (Fsp3) is 0.125. The number of carbonyl (C=O) groups excluding carboxylic acids is 3. The van der Waals surface area contributed by atoms with Crippen LogP contribution < -0.4 is 16.0 Å². The monoisotopic (exact) mass is 523 g/mol. The molecule has 35 heavy (non-hydrogen) atoms. The highest BCUT2D eigenvalue weighted by Gasteiger charge is 2.24. The maximum absolute atomic E-state index is 13.8. The van der Waals surface area contributed by atoms with Crippen LogP contribution in [0.1, 0.15) is 15.9 Å². The third kappa shape index (κ3) is 6.97. The second-order valence-corrected chi connectivity index (χ2v) is 8.17. The molecule has 3 aromatic carbocycles. The van der Waals surface area contributed by atoms with Crippen molar-refractivity contribution >= 4 is 46.6 Å². The molecule has 0 saturated heterocycles. The zero-order valence-electron chi connectivity index (χ0n) is 17.9. The van der Waals surface area contributed by atoms with Gasteiger partial charge in [-0.3, -0.25) is 14.4 Å². The first kappa shape index (κ1) is 26.1. The van der Waals surface area contributed by atoms with E-state index >= 15 is 0 Å². The summed E-state index contributed by atoms with van der Waals surface area (Å²) in [6.07, 6.45) is 0.0864. The van der Waals surface area contributed by atoms with Gasteiger partial charge in [0.2, 0.25) is 11.8 Å². The van der Waals surface area contributed by atoms with Crippen molar-refractivity contribution in [3.63, 3.8) is 0 Å². The molecular formula is C24H18Cl2F3N3O3. The van der Waals surface area contributed by atoms with Crippen LogP contribution in [-0.4, -0.2) is 30.3 Å². The molecule has 0 heterocycles. The summed E-state index contributed by atoms with van der Waals surface area (Å²) in [7, 11) is 0. The fourth-order valence-electron chi connectivity index (χ4n) is 3.08. The second kappa shape index (κ2) is 11.7. The molecule has 11 heteroatoms. The lowest BCUT2D eigenvalue weighted by atomic mass is 10.0. The molecule has 3 N–H and O–H groups in total. The SMILES string of the molecule is O=C(CNC(=O)[C@H](Cc1ccccc1)NC(=O)c1ccc(Cl)cc1Cl)Nc1ccc(F)c(F)c1F. The summed E-state index contributed by atoms with van der Waals surface area (Å²) >= 11 is 11.9. The normalized spacial score (nSPS) is 11.5. The molecule has 0 aliphatic heterocycles. The van der Waals surface area contributed by atoms with Crippen LogP contribution in [0, 0.1) is 17.5 Å². The van der Waals surface area contributed by atoms with Gasteiger partial charge in [-0.15, -0.1) is 0 Å². The van der Waals surface area contributed by atoms with Crippen LogP contribution in [0.3, 0.4) is 0 Å². The Kier molecular flexibility index (Phi) is 8.73. The lowest BCUT2D eigenvalue weighted by Gasteiger charge is -2.19. The van der Waals surface area contributed by atoms with E-state index in [2.05, 4.69) is 10.6 Å². The van der Waals surface area contributed by atoms with E-state index in [0.717, 1.165) is 11.6 Å². The zero-order valence-corrected chi connectivity index (χ0v) is 19.4. The van der Waals surface area contributed by atoms with Crippen molar-refractivity contribution in [2.24, 2.45) is 0 Å². The Morgan fingerprint density at radius 2 is 1.60 bits per heavy atom. The Hall–Kier alpha value is -3.56. The van der Waals surface area contributed by atoms with Crippen LogP contribution >= 0.6 is 23.2 Å². The second-order valence-electron chi connectivity index (χ2n) is 7.33. The zero-order chi connectivity index (χ0) is 25.5. The molecule has 0 unspecified atom stereocenters. The minimum Gasteiger partial charge on any atom is -0.345 e. The molecule has 0 fully saturated rings. The van der Waals surface area contributed by atoms with Gasteiger partial charge in [0.15, 0.2) is 17.5 Å². The van der Waals surface area contributed by atoms with Crippen LogP contribution in [0.4, 0.5) is 18.9 Å². The molecule has 0 saturated carbocycles. The Morgan fingerprint density at radius 1 is 0.886 bits per heavy atom. The summed E-state index contributed by atoms with van der Waals surface area (Å²) in [6.45, 7) is -0.625. The molecule has 3 aromatic rings. The number of hydrogen-bond acceptors (Lipinski definition) is 3. The summed E-state index contributed by atoms with van der Waals surface area (Å²) in [5, 5.41) is 7.38. The molecule has 0 aliphatic rings. The van der Waals surface area contributed by atoms with Crippen molar-refractivity contribution in [3.05, 3.63) is 99.3 Å². The average Bonchev–Trinajstić information content (AvgIpc) is 2.83. The number of amides is 3. The Balaban J connectivity index is 1.69. The van der Waals surface area contributed by atoms with Gasteiger partial charge in [-0.25, -0.2) is 13.2 Å². The van der Waals surface area contributed by atoms with E-state index in [1.807, 2.05) is 5.32 Å². The number of anilines is 1. The van der Waals surface area contributed by atoms with E-state index < -0.39 is 53.4 Å². The lowest BCUT2D eigenvalue weighted by molar-refractivity contribution is -0.125. The number of halogens is 5. The fourth-order valence-corrected chi connectivity index (χ4v) is 3.57. The Bertz CT molecular complexity index is 1260. The van der Waals surface area contributed by atoms with Gasteiger partial charge in [-0.2, -0.15) is 0 Å². The van der Waals surface area contributed by atoms with Crippen molar-refractivity contribution in [2.45, 2.75) is 12.5 Å². The molecule has 6 nitrogen and oxygen atoms in total. The van der Waals surface area contributed by atoms with Gasteiger partial charge < -0.3 is 16.0 Å². The maximum Gasteiger partial charge on any atom is 0.253 e. The van der Waals surface area contributed by atoms with Gasteiger partial charge in [-0.1, -0.05) is 53.5 Å². The third-order valence-electron chi connectivity index (χ3n) is 4.81. The van der Waals surface area contributed by atoms with Crippen LogP contribution in [0.15, 0.2) is 60.7 Å². The van der Waals surface area contributed by atoms with Crippen molar-refractivity contribution < 1.29 is 27.6 Å². The summed E-state index contributed by atoms with van der Waals surface area (Å²) in [5.74, 6) is -6.97. The first-order valence-corrected chi connectivity index (χ1v) is 10.9. The first-order chi connectivity index (χ1) is 16.7. The average molecular weight is 524 g/mol. The molecule has 0 spiro atoms. The van der Waals surface area contributed by atoms with Crippen LogP contribution in [0.2, 0.25) is 10.0 Å². The molecular weight excluding hydrogens is 506 g/mol. The number of nitrogens with one attached hydrogen (secondary N) is 3. The molecule has 1 atom stereocenters. The number of carbonyl (C=O) groups is 3. The van der Waals surface area contributed by atoms with Crippen molar-refractivity contribution in [1.82, 2.24) is 10.6 Å². The minimum absolute atomic E-state index is 0.0850. The van der Waals surface area contributed by atoms with E-state index in [1.54, 1.807) is 30.3 Å². The maximum atomic E-state index is 13.8. The number of hydrogen-bond donors (Lipinski definition) is 3. The minimum atomic E-state index is -1.74. The van der Waals surface area contributed by atoms with Gasteiger partial charge in [0, 0.05) is 11.4 Å². The van der Waals surface area contributed by atoms with E-state index in [1.165, 1.54) is 18.2 Å². The van der Waals surface area contributed by atoms with Crippen molar-refractivity contribution in [2.75, 3.05) is 11.9 Å². The van der Waals surface area contributed by atoms with E-state index in [0.29, 0.717) is 11.1 Å². The Morgan fingerprint density at radius 3 is 2.29 bits per heavy atom. The van der Waals surface area contributed by atoms with Gasteiger partial charge in [-0.05, 0) is 35.9 Å². The van der Waals surface area contributed by atoms with Gasteiger partial charge in [0.1, 0.15) is 6.04 Å². The largest absolute Gasteiger partial charge is 0.345 e. The summed E-state index contributed by atoms with van der Waals surface area (Å²) in [6, 6.07) is 13.4. The topological polar surface area (TPSA) is 87.3 Å². The molecule has 0 aromatic heterocycles. The van der Waals surface area contributed by atoms with E-state index in [9.17, 15) is 27.6 Å². The molecule has 3 amide bonds. The summed E-state index contributed by atoms with van der Waals surface area (Å²) in [4.78, 5) is 37.7. The van der Waals surface area contributed by atoms with Gasteiger partial charge >= 0.3 is 0 Å². The van der Waals surface area contributed by atoms with E-state index in [4.69, 9.17) is 23.2 Å². The predicted molar refractivity (Wildman–Crippen MR) is 126 cm³/mol. The molecule has 3 rings (SSSR count). The summed E-state index contributed by atoms with van der Waals surface area (Å²) in [5.41, 5.74) is 0.228. The van der Waals surface area contributed by atoms with Crippen LogP contribution in [0.5, 0.6) is 0 Å². The van der Waals surface area contributed by atoms with Gasteiger partial charge in [0.05, 0.1) is 22.8 Å². The van der Waals surface area contributed by atoms with E-state index in [-0.39, 0.29) is 17.0 Å². The molecule has 182 valence electrons. The van der Waals surface area contributed by atoms with Crippen molar-refractivity contribution in [3.8, 4) is 0 Å². The smallest absolute Gasteiger partial charge is 0.253 e. The molecule has 0 aliphatic carbocycles. The molecule has 0 bridgehead atoms. The predicted octanol–water partition coefficient (Wildman–Crippen LogP) is 4.51. The highest BCUT2D eigenvalue weighted by molar-refractivity contribution is 6.36. The molecule has 0 radical (unpaired) electrons. The standard InChI is InChI=1S/C24H18Cl2F3N3O3/c25-14-6-7-15(16(26)11-14)23(34)32-19(10-13-4-2-1-3-5-13)24(35)30-12-20(33)31-18-9-8-17(27)21(28)22(18)29/h1-9,11,19H,10,12H2,(H,30,35)(H,31,33)(H,32,34)/t19-/m0/s1. The van der Waals surface area contributed by atoms with Crippen LogP contribution in [-0.2, 0) is 16.0 Å². The third-order valence-corrected chi connectivity index (χ3v) is 5.36. The summed E-state index contributed by atoms with van der Waals surface area (Å²) < 4.78 is 40.2. The van der Waals surface area contributed by atoms with Crippen molar-refractivity contribution in [1.29, 1.82) is 0 Å². The Labute approximate surface area is 208 Å². The van der Waals surface area contributed by atoms with Gasteiger partial charge in [0.25, 0.3) is 5.91 Å². The quantitative estimate of drug-likeness (QED) is 0.379. The number of benzene rings is 3. The highest BCUT2D eigenvalue weighted by Crippen LogP contribution is 2.21. The lowest BCUT2D eigenvalue weighted by Crippen LogP contribution is -2.49. The first-order valence-electron chi connectivity index (χ1n) is 10.2.